The Morgan fingerprint density at radius 3 is 2.12 bits per heavy atom. The SMILES string of the molecule is CC.O=c1c(OCc2ccccc2)cn(SF)nc1-c1nccn1CCCc1ccc(F)cc1.c1ccccc1. The molecular formula is C31H32F2N4O2S. The van der Waals surface area contributed by atoms with Crippen LogP contribution in [0.1, 0.15) is 31.4 Å². The van der Waals surface area contributed by atoms with Crippen LogP contribution in [0.3, 0.4) is 0 Å². The number of imidazole rings is 1. The fraction of sp³-hybridized carbons (Fsp3) is 0.194. The molecule has 0 aliphatic heterocycles. The molecule has 0 radical (unpaired) electrons. The summed E-state index contributed by atoms with van der Waals surface area (Å²) in [6.07, 6.45) is 6.01. The third-order valence-corrected chi connectivity index (χ3v) is 5.87. The Morgan fingerprint density at radius 2 is 1.50 bits per heavy atom. The number of benzene rings is 3. The Kier molecular flexibility index (Phi) is 12.6. The van der Waals surface area contributed by atoms with Gasteiger partial charge < -0.3 is 9.30 Å². The van der Waals surface area contributed by atoms with Crippen molar-refractivity contribution in [3.05, 3.63) is 137 Å². The summed E-state index contributed by atoms with van der Waals surface area (Å²) in [5.41, 5.74) is 1.44. The van der Waals surface area contributed by atoms with E-state index in [-0.39, 0.29) is 36.2 Å². The standard InChI is InChI=1S/C23H20F2N4O2S.C6H6.C2H6/c24-19-10-8-17(9-11-19)7-4-13-28-14-12-26-23(28)21-22(30)20(15-29(27-21)32-25)31-16-18-5-2-1-3-6-18;1-2-4-6-5-3-1;1-2/h1-3,5-6,8-12,14-15H,4,7,13,16H2;1-6H;1-2H3. The third-order valence-electron chi connectivity index (χ3n) is 5.54. The molecule has 2 aromatic heterocycles. The third kappa shape index (κ3) is 9.20. The highest BCUT2D eigenvalue weighted by Gasteiger charge is 2.18. The highest BCUT2D eigenvalue weighted by atomic mass is 32.2. The lowest BCUT2D eigenvalue weighted by atomic mass is 10.1. The smallest absolute Gasteiger partial charge is 0.253 e. The average Bonchev–Trinajstić information content (AvgIpc) is 3.48. The first-order valence-corrected chi connectivity index (χ1v) is 13.7. The molecular weight excluding hydrogens is 530 g/mol. The van der Waals surface area contributed by atoms with E-state index in [0.29, 0.717) is 12.4 Å². The Hall–Kier alpha value is -4.24. The predicted octanol–water partition coefficient (Wildman–Crippen LogP) is 7.55. The van der Waals surface area contributed by atoms with E-state index in [0.717, 1.165) is 28.1 Å². The van der Waals surface area contributed by atoms with Gasteiger partial charge in [-0.05, 0) is 36.1 Å². The fourth-order valence-electron chi connectivity index (χ4n) is 3.66. The van der Waals surface area contributed by atoms with E-state index in [4.69, 9.17) is 4.74 Å². The molecule has 0 N–H and O–H groups in total. The first kappa shape index (κ1) is 30.3. The number of ether oxygens (including phenoxy) is 1. The monoisotopic (exact) mass is 562 g/mol. The summed E-state index contributed by atoms with van der Waals surface area (Å²) in [4.78, 5) is 17.3. The number of rotatable bonds is 9. The molecule has 0 atom stereocenters. The van der Waals surface area contributed by atoms with Crippen LogP contribution in [0.5, 0.6) is 5.75 Å². The molecule has 0 aliphatic rings. The van der Waals surface area contributed by atoms with Crippen LogP contribution in [-0.4, -0.2) is 18.7 Å². The predicted molar refractivity (Wildman–Crippen MR) is 157 cm³/mol. The van der Waals surface area contributed by atoms with Crippen molar-refractivity contribution in [1.82, 2.24) is 18.7 Å². The first-order chi connectivity index (χ1) is 19.6. The maximum absolute atomic E-state index is 13.3. The number of aromatic nitrogens is 4. The van der Waals surface area contributed by atoms with Crippen molar-refractivity contribution >= 4 is 12.3 Å². The first-order valence-electron chi connectivity index (χ1n) is 13.0. The van der Waals surface area contributed by atoms with E-state index in [9.17, 15) is 13.1 Å². The van der Waals surface area contributed by atoms with Crippen LogP contribution in [0.4, 0.5) is 8.28 Å². The van der Waals surface area contributed by atoms with Gasteiger partial charge in [0.1, 0.15) is 12.4 Å². The molecule has 0 spiro atoms. The molecule has 208 valence electrons. The molecule has 9 heteroatoms. The normalized spacial score (nSPS) is 10.1. The summed E-state index contributed by atoms with van der Waals surface area (Å²) >= 11 is -0.134. The quantitative estimate of drug-likeness (QED) is 0.186. The van der Waals surface area contributed by atoms with Gasteiger partial charge >= 0.3 is 0 Å². The Morgan fingerprint density at radius 1 is 0.875 bits per heavy atom. The lowest BCUT2D eigenvalue weighted by Gasteiger charge is -2.11. The van der Waals surface area contributed by atoms with Crippen LogP contribution in [-0.2, 0) is 19.6 Å². The van der Waals surface area contributed by atoms with Gasteiger partial charge in [-0.15, -0.1) is 3.89 Å². The molecule has 0 saturated carbocycles. The fourth-order valence-corrected chi connectivity index (χ4v) is 3.91. The van der Waals surface area contributed by atoms with Gasteiger partial charge in [-0.1, -0.05) is 92.7 Å². The Labute approximate surface area is 237 Å². The second kappa shape index (κ2) is 16.7. The van der Waals surface area contributed by atoms with Gasteiger partial charge in [0.25, 0.3) is 5.43 Å². The summed E-state index contributed by atoms with van der Waals surface area (Å²) in [6, 6.07) is 27.7. The van der Waals surface area contributed by atoms with Gasteiger partial charge in [-0.3, -0.25) is 4.79 Å². The van der Waals surface area contributed by atoms with E-state index in [1.165, 1.54) is 18.3 Å². The van der Waals surface area contributed by atoms with Crippen LogP contribution < -0.4 is 10.2 Å². The molecule has 0 saturated heterocycles. The van der Waals surface area contributed by atoms with Gasteiger partial charge in [0.05, 0.1) is 6.20 Å². The van der Waals surface area contributed by atoms with Crippen molar-refractivity contribution in [1.29, 1.82) is 0 Å². The second-order valence-electron chi connectivity index (χ2n) is 8.25. The molecule has 5 rings (SSSR count). The highest BCUT2D eigenvalue weighted by Crippen LogP contribution is 2.19. The zero-order chi connectivity index (χ0) is 28.6. The van der Waals surface area contributed by atoms with Gasteiger partial charge in [-0.2, -0.15) is 9.19 Å². The lowest BCUT2D eigenvalue weighted by Crippen LogP contribution is -2.18. The van der Waals surface area contributed by atoms with Crippen molar-refractivity contribution in [2.75, 3.05) is 0 Å². The van der Waals surface area contributed by atoms with E-state index in [2.05, 4.69) is 10.1 Å². The summed E-state index contributed by atoms with van der Waals surface area (Å²) < 4.78 is 34.8. The second-order valence-corrected chi connectivity index (χ2v) is 8.76. The van der Waals surface area contributed by atoms with Crippen LogP contribution in [0.25, 0.3) is 11.5 Å². The Bertz CT molecular complexity index is 1430. The minimum atomic E-state index is -0.461. The molecule has 0 fully saturated rings. The summed E-state index contributed by atoms with van der Waals surface area (Å²) in [6.45, 7) is 4.73. The van der Waals surface area contributed by atoms with Crippen LogP contribution in [0, 0.1) is 5.82 Å². The molecule has 40 heavy (non-hydrogen) atoms. The topological polar surface area (TPSA) is 61.9 Å². The summed E-state index contributed by atoms with van der Waals surface area (Å²) in [5, 5.41) is 4.07. The number of hydrogen-bond acceptors (Lipinski definition) is 5. The number of hydrogen-bond donors (Lipinski definition) is 0. The molecule has 5 aromatic rings. The van der Waals surface area contributed by atoms with Crippen LogP contribution in [0.15, 0.2) is 114 Å². The molecule has 0 aliphatic carbocycles. The molecule has 0 bridgehead atoms. The van der Waals surface area contributed by atoms with Gasteiger partial charge in [0.2, 0.25) is 0 Å². The highest BCUT2D eigenvalue weighted by molar-refractivity contribution is 7.92. The van der Waals surface area contributed by atoms with Crippen molar-refractivity contribution in [3.63, 3.8) is 0 Å². The van der Waals surface area contributed by atoms with Crippen molar-refractivity contribution < 1.29 is 13.0 Å². The number of nitrogens with zero attached hydrogens (tertiary/aromatic N) is 4. The van der Waals surface area contributed by atoms with Gasteiger partial charge in [-0.25, -0.2) is 9.37 Å². The van der Waals surface area contributed by atoms with E-state index in [1.54, 1.807) is 29.1 Å². The maximum atomic E-state index is 13.3. The molecule has 0 unspecified atom stereocenters. The number of halogens is 2. The van der Waals surface area contributed by atoms with Crippen molar-refractivity contribution in [2.24, 2.45) is 0 Å². The maximum Gasteiger partial charge on any atom is 0.253 e. The van der Waals surface area contributed by atoms with E-state index in [1.807, 2.05) is 80.6 Å². The lowest BCUT2D eigenvalue weighted by molar-refractivity contribution is 0.301. The zero-order valence-corrected chi connectivity index (χ0v) is 23.3. The summed E-state index contributed by atoms with van der Waals surface area (Å²) in [7, 11) is 0. The largest absolute Gasteiger partial charge is 0.483 e. The van der Waals surface area contributed by atoms with E-state index < -0.39 is 5.43 Å². The molecule has 3 aromatic carbocycles. The van der Waals surface area contributed by atoms with Crippen molar-refractivity contribution in [2.45, 2.75) is 39.8 Å². The zero-order valence-electron chi connectivity index (χ0n) is 22.5. The van der Waals surface area contributed by atoms with E-state index >= 15 is 0 Å². The molecule has 0 amide bonds. The minimum absolute atomic E-state index is 0.00694. The van der Waals surface area contributed by atoms with Gasteiger partial charge in [0.15, 0.2) is 29.6 Å². The van der Waals surface area contributed by atoms with Gasteiger partial charge in [0, 0.05) is 18.9 Å². The Balaban J connectivity index is 0.000000481. The molecule has 6 nitrogen and oxygen atoms in total. The summed E-state index contributed by atoms with van der Waals surface area (Å²) in [5.74, 6) is 0.0556. The van der Waals surface area contributed by atoms with Crippen LogP contribution in [0.2, 0.25) is 0 Å². The molecule has 2 heterocycles. The minimum Gasteiger partial charge on any atom is -0.483 e. The van der Waals surface area contributed by atoms with Crippen molar-refractivity contribution in [3.8, 4) is 17.3 Å². The average molecular weight is 563 g/mol. The van der Waals surface area contributed by atoms with Crippen LogP contribution >= 0.6 is 12.3 Å². The number of aryl methyl sites for hydroxylation is 2.